The molecule has 130 valence electrons. The Morgan fingerprint density at radius 3 is 2.96 bits per heavy atom. The van der Waals surface area contributed by atoms with Gasteiger partial charge in [-0.05, 0) is 31.9 Å². The standard InChI is InChI=1S/C18H20N4O2S/c1-12-3-2-4-16(20-12)18(24)21-7-13-5-6-15(9-21)22(17(13)23)8-14-10-25-11-19-14/h2-4,10-11,13,15H,5-9H2,1H3/t13-,15+/m0/s1. The normalized spacial score (nSPS) is 23.0. The van der Waals surface area contributed by atoms with Gasteiger partial charge in [0.1, 0.15) is 5.69 Å². The first-order chi connectivity index (χ1) is 12.1. The van der Waals surface area contributed by atoms with Crippen molar-refractivity contribution in [1.29, 1.82) is 0 Å². The largest absolute Gasteiger partial charge is 0.334 e. The number of piperidine rings is 1. The number of pyridine rings is 1. The molecule has 2 bridgehead atoms. The van der Waals surface area contributed by atoms with Crippen molar-refractivity contribution in [1.82, 2.24) is 19.8 Å². The topological polar surface area (TPSA) is 66.4 Å². The first kappa shape index (κ1) is 16.2. The van der Waals surface area contributed by atoms with Gasteiger partial charge in [0, 0.05) is 30.2 Å². The van der Waals surface area contributed by atoms with Gasteiger partial charge >= 0.3 is 0 Å². The van der Waals surface area contributed by atoms with Crippen LogP contribution >= 0.6 is 11.3 Å². The van der Waals surface area contributed by atoms with Crippen LogP contribution < -0.4 is 0 Å². The molecule has 2 amide bonds. The molecule has 25 heavy (non-hydrogen) atoms. The van der Waals surface area contributed by atoms with Crippen LogP contribution in [-0.2, 0) is 11.3 Å². The molecule has 7 heteroatoms. The van der Waals surface area contributed by atoms with E-state index in [2.05, 4.69) is 9.97 Å². The average Bonchev–Trinajstić information content (AvgIpc) is 2.97. The van der Waals surface area contributed by atoms with E-state index in [1.807, 2.05) is 34.2 Å². The summed E-state index contributed by atoms with van der Waals surface area (Å²) in [5.74, 6) is -0.0493. The predicted octanol–water partition coefficient (Wildman–Crippen LogP) is 2.11. The third kappa shape index (κ3) is 3.16. The Bertz CT molecular complexity index is 792. The molecule has 2 atom stereocenters. The van der Waals surface area contributed by atoms with E-state index in [0.29, 0.717) is 25.3 Å². The van der Waals surface area contributed by atoms with Crippen molar-refractivity contribution in [2.45, 2.75) is 32.4 Å². The number of fused-ring (bicyclic) bond motifs is 4. The Hall–Kier alpha value is -2.28. The molecule has 2 aromatic rings. The van der Waals surface area contributed by atoms with Gasteiger partial charge in [-0.3, -0.25) is 9.59 Å². The van der Waals surface area contributed by atoms with Gasteiger partial charge in [0.05, 0.1) is 23.7 Å². The fourth-order valence-electron chi connectivity index (χ4n) is 3.73. The van der Waals surface area contributed by atoms with Crippen LogP contribution in [0.25, 0.3) is 0 Å². The summed E-state index contributed by atoms with van der Waals surface area (Å²) < 4.78 is 0. The maximum atomic E-state index is 12.9. The second kappa shape index (κ2) is 6.55. The Morgan fingerprint density at radius 2 is 2.20 bits per heavy atom. The number of rotatable bonds is 3. The Kier molecular flexibility index (Phi) is 4.25. The molecule has 0 saturated carbocycles. The van der Waals surface area contributed by atoms with Gasteiger partial charge in [-0.25, -0.2) is 9.97 Å². The lowest BCUT2D eigenvalue weighted by molar-refractivity contribution is -0.140. The Balaban J connectivity index is 1.56. The van der Waals surface area contributed by atoms with Gasteiger partial charge in [-0.15, -0.1) is 11.3 Å². The highest BCUT2D eigenvalue weighted by molar-refractivity contribution is 7.07. The van der Waals surface area contributed by atoms with Crippen molar-refractivity contribution in [3.8, 4) is 0 Å². The van der Waals surface area contributed by atoms with Crippen LogP contribution in [0.1, 0.15) is 34.7 Å². The highest BCUT2D eigenvalue weighted by atomic mass is 32.1. The number of nitrogens with zero attached hydrogens (tertiary/aromatic N) is 4. The smallest absolute Gasteiger partial charge is 0.272 e. The second-order valence-corrected chi connectivity index (χ2v) is 7.47. The number of aryl methyl sites for hydroxylation is 1. The molecule has 0 spiro atoms. The van der Waals surface area contributed by atoms with Gasteiger partial charge in [0.15, 0.2) is 0 Å². The van der Waals surface area contributed by atoms with E-state index in [1.54, 1.807) is 11.6 Å². The third-order valence-corrected chi connectivity index (χ3v) is 5.64. The molecule has 3 aliphatic heterocycles. The number of hydrogen-bond donors (Lipinski definition) is 0. The van der Waals surface area contributed by atoms with Crippen LogP contribution in [-0.4, -0.2) is 50.7 Å². The minimum absolute atomic E-state index is 0.0571. The monoisotopic (exact) mass is 356 g/mol. The summed E-state index contributed by atoms with van der Waals surface area (Å²) in [6.07, 6.45) is 1.79. The van der Waals surface area contributed by atoms with Crippen LogP contribution in [0, 0.1) is 12.8 Å². The molecule has 0 aromatic carbocycles. The summed E-state index contributed by atoms with van der Waals surface area (Å²) in [5, 5.41) is 1.98. The van der Waals surface area contributed by atoms with E-state index in [1.165, 1.54) is 11.3 Å². The van der Waals surface area contributed by atoms with E-state index in [4.69, 9.17) is 0 Å². The molecule has 0 unspecified atom stereocenters. The molecule has 0 aliphatic carbocycles. The Morgan fingerprint density at radius 1 is 1.32 bits per heavy atom. The number of amides is 2. The van der Waals surface area contributed by atoms with Crippen LogP contribution in [0.4, 0.5) is 0 Å². The summed E-state index contributed by atoms with van der Waals surface area (Å²) in [5.41, 5.74) is 3.99. The summed E-state index contributed by atoms with van der Waals surface area (Å²) in [6.45, 7) is 3.47. The first-order valence-corrected chi connectivity index (χ1v) is 9.46. The van der Waals surface area contributed by atoms with Crippen molar-refractivity contribution in [3.05, 3.63) is 46.2 Å². The zero-order valence-electron chi connectivity index (χ0n) is 14.1. The molecule has 0 radical (unpaired) electrons. The van der Waals surface area contributed by atoms with Gasteiger partial charge in [-0.2, -0.15) is 0 Å². The molecule has 5 rings (SSSR count). The van der Waals surface area contributed by atoms with E-state index in [-0.39, 0.29) is 23.8 Å². The van der Waals surface area contributed by atoms with Crippen LogP contribution in [0.2, 0.25) is 0 Å². The van der Waals surface area contributed by atoms with E-state index < -0.39 is 0 Å². The van der Waals surface area contributed by atoms with Crippen molar-refractivity contribution < 1.29 is 9.59 Å². The molecular weight excluding hydrogens is 336 g/mol. The second-order valence-electron chi connectivity index (χ2n) is 6.75. The van der Waals surface area contributed by atoms with Crippen molar-refractivity contribution in [3.63, 3.8) is 0 Å². The fourth-order valence-corrected chi connectivity index (χ4v) is 4.28. The minimum Gasteiger partial charge on any atom is -0.334 e. The highest BCUT2D eigenvalue weighted by Crippen LogP contribution is 2.31. The quantitative estimate of drug-likeness (QED) is 0.845. The Labute approximate surface area is 150 Å². The number of thiazole rings is 1. The molecule has 2 aromatic heterocycles. The maximum absolute atomic E-state index is 12.9. The number of aromatic nitrogens is 2. The molecule has 0 N–H and O–H groups in total. The van der Waals surface area contributed by atoms with Crippen molar-refractivity contribution in [2.75, 3.05) is 13.1 Å². The molecule has 3 fully saturated rings. The molecule has 3 aliphatic rings. The summed E-state index contributed by atoms with van der Waals surface area (Å²) in [6, 6.07) is 5.53. The fraction of sp³-hybridized carbons (Fsp3) is 0.444. The molecule has 6 nitrogen and oxygen atoms in total. The summed E-state index contributed by atoms with van der Waals surface area (Å²) in [4.78, 5) is 38.1. The lowest BCUT2D eigenvalue weighted by Gasteiger charge is -2.35. The maximum Gasteiger partial charge on any atom is 0.272 e. The number of carbonyl (C=O) groups excluding carboxylic acids is 2. The van der Waals surface area contributed by atoms with Gasteiger partial charge in [-0.1, -0.05) is 6.07 Å². The lowest BCUT2D eigenvalue weighted by Crippen LogP contribution is -2.47. The number of hydrogen-bond acceptors (Lipinski definition) is 5. The minimum atomic E-state index is -0.119. The summed E-state index contributed by atoms with van der Waals surface area (Å²) in [7, 11) is 0. The average molecular weight is 356 g/mol. The van der Waals surface area contributed by atoms with E-state index in [9.17, 15) is 9.59 Å². The van der Waals surface area contributed by atoms with E-state index >= 15 is 0 Å². The van der Waals surface area contributed by atoms with Crippen molar-refractivity contribution >= 4 is 23.2 Å². The molecular formula is C18H20N4O2S. The van der Waals surface area contributed by atoms with Crippen LogP contribution in [0.5, 0.6) is 0 Å². The molecule has 5 heterocycles. The van der Waals surface area contributed by atoms with E-state index in [0.717, 1.165) is 24.2 Å². The zero-order valence-corrected chi connectivity index (χ0v) is 14.9. The highest BCUT2D eigenvalue weighted by Gasteiger charge is 2.42. The van der Waals surface area contributed by atoms with Gasteiger partial charge in [0.25, 0.3) is 5.91 Å². The first-order valence-electron chi connectivity index (χ1n) is 8.52. The number of carbonyl (C=O) groups is 2. The van der Waals surface area contributed by atoms with Gasteiger partial charge in [0.2, 0.25) is 5.91 Å². The zero-order chi connectivity index (χ0) is 17.4. The lowest BCUT2D eigenvalue weighted by atomic mass is 9.94. The molecule has 3 saturated heterocycles. The van der Waals surface area contributed by atoms with Gasteiger partial charge < -0.3 is 9.80 Å². The SMILES string of the molecule is Cc1cccc(C(=O)N2C[C@@H]3CC[C@H](C2)N(Cc2cscn2)C3=O)n1. The van der Waals surface area contributed by atoms with Crippen molar-refractivity contribution in [2.24, 2.45) is 5.92 Å². The predicted molar refractivity (Wildman–Crippen MR) is 94.1 cm³/mol. The van der Waals surface area contributed by atoms with Crippen LogP contribution in [0.3, 0.4) is 0 Å². The third-order valence-electron chi connectivity index (χ3n) is 5.00. The summed E-state index contributed by atoms with van der Waals surface area (Å²) >= 11 is 1.54. The van der Waals surface area contributed by atoms with Crippen LogP contribution in [0.15, 0.2) is 29.1 Å².